The second-order valence-corrected chi connectivity index (χ2v) is 3.77. The van der Waals surface area contributed by atoms with Gasteiger partial charge >= 0.3 is 0 Å². The molecule has 0 spiro atoms. The van der Waals surface area contributed by atoms with Crippen molar-refractivity contribution in [3.05, 3.63) is 0 Å². The van der Waals surface area contributed by atoms with Crippen LogP contribution in [0.2, 0.25) is 0 Å². The van der Waals surface area contributed by atoms with Crippen molar-refractivity contribution in [2.75, 3.05) is 0 Å². The summed E-state index contributed by atoms with van der Waals surface area (Å²) in [5.74, 6) is 1.94. The van der Waals surface area contributed by atoms with Gasteiger partial charge in [0.2, 0.25) is 0 Å². The summed E-state index contributed by atoms with van der Waals surface area (Å²) in [6.45, 7) is 3.95. The quantitative estimate of drug-likeness (QED) is 0.611. The topological polar surface area (TPSA) is 17.1 Å². The fourth-order valence-corrected chi connectivity index (χ4v) is 2.29. The van der Waals surface area contributed by atoms with E-state index in [1.165, 1.54) is 25.7 Å². The minimum absolute atomic E-state index is 0.371. The van der Waals surface area contributed by atoms with E-state index < -0.39 is 0 Å². The Balaban J connectivity index is 2.37. The van der Waals surface area contributed by atoms with Crippen LogP contribution in [0.15, 0.2) is 0 Å². The molecule has 1 nitrogen and oxygen atoms in total. The van der Waals surface area contributed by atoms with Crippen LogP contribution in [0.3, 0.4) is 0 Å². The van der Waals surface area contributed by atoms with Gasteiger partial charge in [-0.1, -0.05) is 26.2 Å². The highest BCUT2D eigenvalue weighted by atomic mass is 16.1. The first kappa shape index (κ1) is 8.76. The van der Waals surface area contributed by atoms with Crippen LogP contribution in [0.1, 0.15) is 46.0 Å². The van der Waals surface area contributed by atoms with Crippen molar-refractivity contribution in [3.63, 3.8) is 0 Å². The van der Waals surface area contributed by atoms with Crippen LogP contribution in [0.5, 0.6) is 0 Å². The Labute approximate surface area is 69.2 Å². The van der Waals surface area contributed by atoms with Gasteiger partial charge in [0.25, 0.3) is 0 Å². The van der Waals surface area contributed by atoms with Crippen molar-refractivity contribution in [1.82, 2.24) is 0 Å². The number of hydrogen-bond donors (Lipinski definition) is 0. The minimum atomic E-state index is 0.371. The van der Waals surface area contributed by atoms with Gasteiger partial charge < -0.3 is 4.79 Å². The molecule has 2 atom stereocenters. The SMILES string of the molecule is CCC1CCCC1CC(C)=O. The summed E-state index contributed by atoms with van der Waals surface area (Å²) in [5, 5.41) is 0. The highest BCUT2D eigenvalue weighted by Crippen LogP contribution is 2.35. The highest BCUT2D eigenvalue weighted by Gasteiger charge is 2.26. The molecule has 0 bridgehead atoms. The van der Waals surface area contributed by atoms with Crippen LogP contribution >= 0.6 is 0 Å². The summed E-state index contributed by atoms with van der Waals surface area (Å²) in [7, 11) is 0. The molecule has 1 heteroatoms. The molecule has 11 heavy (non-hydrogen) atoms. The monoisotopic (exact) mass is 154 g/mol. The summed E-state index contributed by atoms with van der Waals surface area (Å²) in [6, 6.07) is 0. The molecule has 0 radical (unpaired) electrons. The van der Waals surface area contributed by atoms with E-state index in [9.17, 15) is 4.79 Å². The van der Waals surface area contributed by atoms with Gasteiger partial charge in [-0.2, -0.15) is 0 Å². The van der Waals surface area contributed by atoms with E-state index >= 15 is 0 Å². The summed E-state index contributed by atoms with van der Waals surface area (Å²) in [5.41, 5.74) is 0. The van der Waals surface area contributed by atoms with Crippen LogP contribution in [0.25, 0.3) is 0 Å². The lowest BCUT2D eigenvalue weighted by molar-refractivity contribution is -0.118. The summed E-state index contributed by atoms with van der Waals surface area (Å²) in [4.78, 5) is 10.9. The molecule has 0 saturated heterocycles. The molecule has 1 rings (SSSR count). The predicted octanol–water partition coefficient (Wildman–Crippen LogP) is 2.79. The highest BCUT2D eigenvalue weighted by molar-refractivity contribution is 5.75. The zero-order valence-electron chi connectivity index (χ0n) is 7.60. The van der Waals surface area contributed by atoms with Gasteiger partial charge in [0, 0.05) is 6.42 Å². The molecule has 64 valence electrons. The molecule has 0 aromatic carbocycles. The maximum Gasteiger partial charge on any atom is 0.130 e. The lowest BCUT2D eigenvalue weighted by Gasteiger charge is -2.15. The third kappa shape index (κ3) is 2.32. The maximum absolute atomic E-state index is 10.9. The van der Waals surface area contributed by atoms with Crippen LogP contribution in [0.4, 0.5) is 0 Å². The van der Waals surface area contributed by atoms with Crippen molar-refractivity contribution in [3.8, 4) is 0 Å². The van der Waals surface area contributed by atoms with Crippen molar-refractivity contribution < 1.29 is 4.79 Å². The molecule has 1 aliphatic carbocycles. The molecule has 1 fully saturated rings. The molecular weight excluding hydrogens is 136 g/mol. The van der Waals surface area contributed by atoms with E-state index in [-0.39, 0.29) is 0 Å². The summed E-state index contributed by atoms with van der Waals surface area (Å²) >= 11 is 0. The van der Waals surface area contributed by atoms with Gasteiger partial charge in [0.1, 0.15) is 5.78 Å². The van der Waals surface area contributed by atoms with Crippen molar-refractivity contribution in [2.24, 2.45) is 11.8 Å². The van der Waals surface area contributed by atoms with Crippen LogP contribution in [-0.2, 0) is 4.79 Å². The molecule has 0 aromatic heterocycles. The Morgan fingerprint density at radius 1 is 1.36 bits per heavy atom. The van der Waals surface area contributed by atoms with Crippen LogP contribution in [0, 0.1) is 11.8 Å². The number of carbonyl (C=O) groups excluding carboxylic acids is 1. The lowest BCUT2D eigenvalue weighted by atomic mass is 9.90. The first-order chi connectivity index (χ1) is 5.24. The van der Waals surface area contributed by atoms with Crippen molar-refractivity contribution in [2.45, 2.75) is 46.0 Å². The maximum atomic E-state index is 10.9. The van der Waals surface area contributed by atoms with E-state index in [0.717, 1.165) is 18.3 Å². The molecule has 1 saturated carbocycles. The van der Waals surface area contributed by atoms with Gasteiger partial charge in [0.15, 0.2) is 0 Å². The third-order valence-electron chi connectivity index (χ3n) is 2.89. The molecule has 0 aliphatic heterocycles. The third-order valence-corrected chi connectivity index (χ3v) is 2.89. The van der Waals surface area contributed by atoms with Crippen molar-refractivity contribution >= 4 is 5.78 Å². The Hall–Kier alpha value is -0.330. The molecular formula is C10H18O. The number of ketones is 1. The minimum Gasteiger partial charge on any atom is -0.300 e. The van der Waals surface area contributed by atoms with Crippen LogP contribution < -0.4 is 0 Å². The molecule has 0 heterocycles. The molecule has 2 unspecified atom stereocenters. The van der Waals surface area contributed by atoms with E-state index in [2.05, 4.69) is 6.92 Å². The Morgan fingerprint density at radius 3 is 2.55 bits per heavy atom. The van der Waals surface area contributed by atoms with Gasteiger partial charge in [-0.3, -0.25) is 0 Å². The summed E-state index contributed by atoms with van der Waals surface area (Å²) < 4.78 is 0. The molecule has 0 amide bonds. The summed E-state index contributed by atoms with van der Waals surface area (Å²) in [6.07, 6.45) is 6.08. The zero-order valence-corrected chi connectivity index (χ0v) is 7.60. The van der Waals surface area contributed by atoms with Crippen LogP contribution in [-0.4, -0.2) is 5.78 Å². The average molecular weight is 154 g/mol. The van der Waals surface area contributed by atoms with E-state index in [0.29, 0.717) is 5.78 Å². The van der Waals surface area contributed by atoms with E-state index in [4.69, 9.17) is 0 Å². The van der Waals surface area contributed by atoms with Gasteiger partial charge in [0.05, 0.1) is 0 Å². The molecule has 0 aromatic rings. The largest absolute Gasteiger partial charge is 0.300 e. The van der Waals surface area contributed by atoms with E-state index in [1.54, 1.807) is 6.92 Å². The van der Waals surface area contributed by atoms with Gasteiger partial charge in [-0.05, 0) is 25.2 Å². The molecule has 0 N–H and O–H groups in total. The molecule has 1 aliphatic rings. The Bertz CT molecular complexity index is 140. The Kier molecular flexibility index (Phi) is 3.10. The second-order valence-electron chi connectivity index (χ2n) is 3.77. The average Bonchev–Trinajstić information content (AvgIpc) is 2.34. The number of carbonyl (C=O) groups is 1. The van der Waals surface area contributed by atoms with Gasteiger partial charge in [-0.25, -0.2) is 0 Å². The smallest absolute Gasteiger partial charge is 0.130 e. The first-order valence-electron chi connectivity index (χ1n) is 4.73. The standard InChI is InChI=1S/C10H18O/c1-3-9-5-4-6-10(9)7-8(2)11/h9-10H,3-7H2,1-2H3. The van der Waals surface area contributed by atoms with E-state index in [1.807, 2.05) is 0 Å². The number of hydrogen-bond acceptors (Lipinski definition) is 1. The Morgan fingerprint density at radius 2 is 2.00 bits per heavy atom. The zero-order chi connectivity index (χ0) is 8.27. The number of Topliss-reactive ketones (excluding diaryl/α,β-unsaturated/α-hetero) is 1. The van der Waals surface area contributed by atoms with Crippen molar-refractivity contribution in [1.29, 1.82) is 0 Å². The fraction of sp³-hybridized carbons (Fsp3) is 0.900. The lowest BCUT2D eigenvalue weighted by Crippen LogP contribution is -2.10. The second kappa shape index (κ2) is 3.89. The number of rotatable bonds is 3. The first-order valence-corrected chi connectivity index (χ1v) is 4.73. The van der Waals surface area contributed by atoms with Gasteiger partial charge in [-0.15, -0.1) is 0 Å². The predicted molar refractivity (Wildman–Crippen MR) is 46.4 cm³/mol. The fourth-order valence-electron chi connectivity index (χ4n) is 2.29. The normalized spacial score (nSPS) is 30.7.